The van der Waals surface area contributed by atoms with Gasteiger partial charge in [0.05, 0.1) is 24.5 Å². The van der Waals surface area contributed by atoms with E-state index in [1.807, 2.05) is 4.90 Å². The SMILES string of the molecule is FC(F)c1cc(Nc2ncn(-c3cccc(C(F)(F)F)c3)n2)nc(N2CC(N3CCOCC3)C2)c1.[HH]. The van der Waals surface area contributed by atoms with E-state index in [-0.39, 0.29) is 24.4 Å². The van der Waals surface area contributed by atoms with Crippen LogP contribution < -0.4 is 10.2 Å². The summed E-state index contributed by atoms with van der Waals surface area (Å²) in [6.45, 7) is 4.39. The highest BCUT2D eigenvalue weighted by Gasteiger charge is 2.34. The Hall–Kier alpha value is -3.32. The number of benzene rings is 1. The summed E-state index contributed by atoms with van der Waals surface area (Å²) in [6.07, 6.45) is -5.96. The van der Waals surface area contributed by atoms with Gasteiger partial charge in [-0.2, -0.15) is 18.2 Å². The molecule has 2 aliphatic heterocycles. The molecule has 2 aromatic heterocycles. The molecule has 0 bridgehead atoms. The molecule has 3 aromatic rings. The first-order valence-electron chi connectivity index (χ1n) is 11.0. The van der Waals surface area contributed by atoms with Crippen LogP contribution in [0.15, 0.2) is 42.7 Å². The number of nitrogens with zero attached hydrogens (tertiary/aromatic N) is 6. The molecule has 188 valence electrons. The smallest absolute Gasteiger partial charge is 0.379 e. The fraction of sp³-hybridized carbons (Fsp3) is 0.409. The van der Waals surface area contributed by atoms with Gasteiger partial charge in [0.25, 0.3) is 6.43 Å². The van der Waals surface area contributed by atoms with Gasteiger partial charge in [0.15, 0.2) is 0 Å². The number of nitrogens with one attached hydrogen (secondary N) is 1. The van der Waals surface area contributed by atoms with Gasteiger partial charge in [-0.05, 0) is 30.3 Å². The second-order valence-corrected chi connectivity index (χ2v) is 8.34. The molecule has 4 heterocycles. The van der Waals surface area contributed by atoms with E-state index in [0.29, 0.717) is 38.2 Å². The molecular weight excluding hydrogens is 473 g/mol. The normalized spacial score (nSPS) is 17.6. The third-order valence-electron chi connectivity index (χ3n) is 6.00. The Kier molecular flexibility index (Phi) is 6.28. The number of pyridine rings is 1. The van der Waals surface area contributed by atoms with Crippen LogP contribution in [0.25, 0.3) is 5.69 Å². The quantitative estimate of drug-likeness (QED) is 0.514. The Morgan fingerprint density at radius 3 is 2.57 bits per heavy atom. The van der Waals surface area contributed by atoms with E-state index in [2.05, 4.69) is 25.3 Å². The van der Waals surface area contributed by atoms with Crippen molar-refractivity contribution in [2.24, 2.45) is 0 Å². The fourth-order valence-corrected chi connectivity index (χ4v) is 4.09. The minimum absolute atomic E-state index is 0. The molecule has 2 saturated heterocycles. The van der Waals surface area contributed by atoms with E-state index < -0.39 is 18.2 Å². The topological polar surface area (TPSA) is 71.3 Å². The number of anilines is 3. The molecular formula is C22H24F5N7O. The molecule has 8 nitrogen and oxygen atoms in total. The zero-order chi connectivity index (χ0) is 24.6. The Bertz CT molecular complexity index is 1180. The predicted octanol–water partition coefficient (Wildman–Crippen LogP) is 4.13. The van der Waals surface area contributed by atoms with Gasteiger partial charge in [-0.1, -0.05) is 6.07 Å². The second-order valence-electron chi connectivity index (χ2n) is 8.34. The van der Waals surface area contributed by atoms with E-state index in [9.17, 15) is 22.0 Å². The summed E-state index contributed by atoms with van der Waals surface area (Å²) in [6, 6.07) is 7.51. The van der Waals surface area contributed by atoms with E-state index in [4.69, 9.17) is 4.74 Å². The molecule has 0 aliphatic carbocycles. The monoisotopic (exact) mass is 497 g/mol. The number of rotatable bonds is 6. The lowest BCUT2D eigenvalue weighted by atomic mass is 10.1. The summed E-state index contributed by atoms with van der Waals surface area (Å²) < 4.78 is 72.7. The highest BCUT2D eigenvalue weighted by Crippen LogP contribution is 2.31. The Morgan fingerprint density at radius 2 is 1.86 bits per heavy atom. The molecule has 1 aromatic carbocycles. The molecule has 0 saturated carbocycles. The Labute approximate surface area is 198 Å². The van der Waals surface area contributed by atoms with Gasteiger partial charge >= 0.3 is 6.18 Å². The van der Waals surface area contributed by atoms with Crippen LogP contribution in [0.3, 0.4) is 0 Å². The van der Waals surface area contributed by atoms with Crippen molar-refractivity contribution in [1.29, 1.82) is 0 Å². The van der Waals surface area contributed by atoms with E-state index in [1.165, 1.54) is 30.6 Å². The predicted molar refractivity (Wildman–Crippen MR) is 119 cm³/mol. The number of ether oxygens (including phenoxy) is 1. The minimum Gasteiger partial charge on any atom is -0.379 e. The largest absolute Gasteiger partial charge is 0.416 e. The van der Waals surface area contributed by atoms with Crippen molar-refractivity contribution in [3.8, 4) is 5.69 Å². The van der Waals surface area contributed by atoms with Gasteiger partial charge in [-0.15, -0.1) is 5.10 Å². The van der Waals surface area contributed by atoms with Gasteiger partial charge in [-0.25, -0.2) is 18.4 Å². The molecule has 35 heavy (non-hydrogen) atoms. The van der Waals surface area contributed by atoms with E-state index in [1.54, 1.807) is 0 Å². The summed E-state index contributed by atoms with van der Waals surface area (Å²) in [5.74, 6) is 0.545. The van der Waals surface area contributed by atoms with Crippen molar-refractivity contribution in [2.75, 3.05) is 49.6 Å². The number of halogens is 5. The van der Waals surface area contributed by atoms with Gasteiger partial charge in [-0.3, -0.25) is 4.90 Å². The third kappa shape index (κ3) is 5.20. The maximum Gasteiger partial charge on any atom is 0.416 e. The molecule has 2 fully saturated rings. The highest BCUT2D eigenvalue weighted by molar-refractivity contribution is 5.56. The molecule has 13 heteroatoms. The second kappa shape index (κ2) is 9.38. The van der Waals surface area contributed by atoms with Crippen LogP contribution in [0, 0.1) is 0 Å². The van der Waals surface area contributed by atoms with Crippen LogP contribution in [0.1, 0.15) is 19.0 Å². The zero-order valence-corrected chi connectivity index (χ0v) is 18.4. The molecule has 1 N–H and O–H groups in total. The first-order valence-corrected chi connectivity index (χ1v) is 11.0. The first-order chi connectivity index (χ1) is 16.8. The number of hydrogen-bond acceptors (Lipinski definition) is 7. The van der Waals surface area contributed by atoms with Crippen LogP contribution in [0.4, 0.5) is 39.5 Å². The maximum absolute atomic E-state index is 13.6. The van der Waals surface area contributed by atoms with Crippen molar-refractivity contribution >= 4 is 17.6 Å². The number of morpholine rings is 1. The average molecular weight is 497 g/mol. The average Bonchev–Trinajstić information content (AvgIpc) is 3.27. The van der Waals surface area contributed by atoms with Crippen molar-refractivity contribution in [3.05, 3.63) is 53.9 Å². The Balaban J connectivity index is 0.00000304. The fourth-order valence-electron chi connectivity index (χ4n) is 4.09. The maximum atomic E-state index is 13.6. The number of aromatic nitrogens is 4. The van der Waals surface area contributed by atoms with Gasteiger partial charge < -0.3 is 15.0 Å². The molecule has 2 aliphatic rings. The first kappa shape index (κ1) is 23.4. The molecule has 0 unspecified atom stereocenters. The molecule has 5 rings (SSSR count). The van der Waals surface area contributed by atoms with Crippen LogP contribution in [-0.2, 0) is 10.9 Å². The molecule has 0 spiro atoms. The van der Waals surface area contributed by atoms with Gasteiger partial charge in [0.2, 0.25) is 5.95 Å². The van der Waals surface area contributed by atoms with E-state index in [0.717, 1.165) is 29.9 Å². The number of alkyl halides is 5. The molecule has 0 amide bonds. The lowest BCUT2D eigenvalue weighted by Gasteiger charge is -2.47. The summed E-state index contributed by atoms with van der Waals surface area (Å²) in [7, 11) is 0. The Morgan fingerprint density at radius 1 is 1.09 bits per heavy atom. The lowest BCUT2D eigenvalue weighted by molar-refractivity contribution is -0.137. The summed E-state index contributed by atoms with van der Waals surface area (Å²) in [5.41, 5.74) is -0.865. The van der Waals surface area contributed by atoms with E-state index >= 15 is 0 Å². The minimum atomic E-state index is -4.49. The van der Waals surface area contributed by atoms with Crippen LogP contribution in [0.5, 0.6) is 0 Å². The third-order valence-corrected chi connectivity index (χ3v) is 6.00. The molecule has 0 radical (unpaired) electrons. The van der Waals surface area contributed by atoms with Crippen molar-refractivity contribution in [3.63, 3.8) is 0 Å². The van der Waals surface area contributed by atoms with Crippen molar-refractivity contribution in [2.45, 2.75) is 18.6 Å². The van der Waals surface area contributed by atoms with Gasteiger partial charge in [0, 0.05) is 39.2 Å². The standard InChI is InChI=1S/C22H22F5N7O.H2/c23-20(24)14-8-18(29-19(9-14)33-11-17(12-33)32-4-6-35-7-5-32)30-21-28-13-34(31-21)16-3-1-2-15(10-16)22(25,26)27;/h1-3,8-10,13,17,20H,4-7,11-12H2,(H,29,30,31);1H. The highest BCUT2D eigenvalue weighted by atomic mass is 19.4. The summed E-state index contributed by atoms with van der Waals surface area (Å²) in [4.78, 5) is 12.7. The van der Waals surface area contributed by atoms with Gasteiger partial charge in [0.1, 0.15) is 18.0 Å². The van der Waals surface area contributed by atoms with Crippen molar-refractivity contribution < 1.29 is 28.1 Å². The number of hydrogen-bond donors (Lipinski definition) is 1. The van der Waals surface area contributed by atoms with Crippen LogP contribution in [-0.4, -0.2) is 70.1 Å². The zero-order valence-electron chi connectivity index (χ0n) is 18.4. The van der Waals surface area contributed by atoms with Crippen LogP contribution >= 0.6 is 0 Å². The summed E-state index contributed by atoms with van der Waals surface area (Å²) in [5, 5.41) is 6.91. The van der Waals surface area contributed by atoms with Crippen molar-refractivity contribution in [1.82, 2.24) is 24.6 Å². The van der Waals surface area contributed by atoms with Crippen LogP contribution in [0.2, 0.25) is 0 Å². The lowest BCUT2D eigenvalue weighted by Crippen LogP contribution is -2.61. The molecule has 0 atom stereocenters. The summed E-state index contributed by atoms with van der Waals surface area (Å²) >= 11 is 0.